The minimum atomic E-state index is 0.0871. The molecule has 5 nitrogen and oxygen atoms in total. The van der Waals surface area contributed by atoms with Gasteiger partial charge in [0.05, 0.1) is 19.3 Å². The lowest BCUT2D eigenvalue weighted by atomic mass is 10.0. The predicted octanol–water partition coefficient (Wildman–Crippen LogP) is 3.10. The maximum absolute atomic E-state index is 12.7. The molecular weight excluding hydrogens is 306 g/mol. The summed E-state index contributed by atoms with van der Waals surface area (Å²) in [7, 11) is 3.32. The first-order chi connectivity index (χ1) is 11.6. The Kier molecular flexibility index (Phi) is 6.82. The van der Waals surface area contributed by atoms with Gasteiger partial charge in [-0.05, 0) is 31.4 Å². The summed E-state index contributed by atoms with van der Waals surface area (Å²) in [6, 6.07) is 4.11. The van der Waals surface area contributed by atoms with Crippen LogP contribution in [0.1, 0.15) is 23.1 Å². The highest BCUT2D eigenvalue weighted by Crippen LogP contribution is 2.27. The van der Waals surface area contributed by atoms with Gasteiger partial charge in [0.1, 0.15) is 5.58 Å². The molecule has 0 N–H and O–H groups in total. The quantitative estimate of drug-likeness (QED) is 0.662. The molecule has 1 aromatic carbocycles. The first-order valence-electron chi connectivity index (χ1n) is 8.30. The zero-order chi connectivity index (χ0) is 17.5. The molecule has 132 valence electrons. The molecule has 0 unspecified atom stereocenters. The molecule has 5 heteroatoms. The van der Waals surface area contributed by atoms with Crippen molar-refractivity contribution in [3.63, 3.8) is 0 Å². The Balaban J connectivity index is 2.12. The summed E-state index contributed by atoms with van der Waals surface area (Å²) < 4.78 is 15.9. The van der Waals surface area contributed by atoms with Gasteiger partial charge in [0.15, 0.2) is 0 Å². The number of carbonyl (C=O) groups is 1. The molecule has 0 aliphatic heterocycles. The number of furan rings is 1. The Morgan fingerprint density at radius 1 is 1.12 bits per heavy atom. The molecule has 0 spiro atoms. The summed E-state index contributed by atoms with van der Waals surface area (Å²) in [4.78, 5) is 14.5. The summed E-state index contributed by atoms with van der Waals surface area (Å²) in [5, 5.41) is 1.02. The first kappa shape index (κ1) is 18.5. The number of fused-ring (bicyclic) bond motifs is 1. The first-order valence-corrected chi connectivity index (χ1v) is 8.30. The molecule has 2 aromatic rings. The van der Waals surface area contributed by atoms with Gasteiger partial charge in [-0.25, -0.2) is 0 Å². The maximum Gasteiger partial charge on any atom is 0.227 e. The fourth-order valence-electron chi connectivity index (χ4n) is 2.76. The number of aryl methyl sites for hydroxylation is 2. The van der Waals surface area contributed by atoms with Crippen molar-refractivity contribution >= 4 is 16.9 Å². The van der Waals surface area contributed by atoms with Crippen LogP contribution in [-0.4, -0.2) is 51.3 Å². The molecule has 1 aromatic heterocycles. The molecule has 0 fully saturated rings. The Bertz CT molecular complexity index is 677. The fourth-order valence-corrected chi connectivity index (χ4v) is 2.76. The van der Waals surface area contributed by atoms with Gasteiger partial charge in [0, 0.05) is 44.9 Å². The largest absolute Gasteiger partial charge is 0.464 e. The van der Waals surface area contributed by atoms with Crippen LogP contribution in [0.4, 0.5) is 0 Å². The van der Waals surface area contributed by atoms with Crippen molar-refractivity contribution in [2.75, 3.05) is 40.5 Å². The average Bonchev–Trinajstić information content (AvgIpc) is 2.97. The molecular formula is C19H27NO4. The van der Waals surface area contributed by atoms with Crippen molar-refractivity contribution in [2.24, 2.45) is 0 Å². The summed E-state index contributed by atoms with van der Waals surface area (Å²) in [5.41, 5.74) is 4.13. The van der Waals surface area contributed by atoms with E-state index in [4.69, 9.17) is 13.9 Å². The number of ether oxygens (including phenoxy) is 2. The van der Waals surface area contributed by atoms with E-state index in [2.05, 4.69) is 13.0 Å². The van der Waals surface area contributed by atoms with Crippen LogP contribution in [0.15, 0.2) is 22.8 Å². The highest BCUT2D eigenvalue weighted by atomic mass is 16.5. The van der Waals surface area contributed by atoms with E-state index in [1.807, 2.05) is 17.9 Å². The molecule has 0 saturated heterocycles. The van der Waals surface area contributed by atoms with Gasteiger partial charge in [0.25, 0.3) is 0 Å². The van der Waals surface area contributed by atoms with Gasteiger partial charge >= 0.3 is 0 Å². The van der Waals surface area contributed by atoms with Crippen molar-refractivity contribution in [3.8, 4) is 0 Å². The van der Waals surface area contributed by atoms with Crippen LogP contribution >= 0.6 is 0 Å². The van der Waals surface area contributed by atoms with E-state index < -0.39 is 0 Å². The number of hydrogen-bond acceptors (Lipinski definition) is 4. The lowest BCUT2D eigenvalue weighted by Gasteiger charge is -2.22. The summed E-state index contributed by atoms with van der Waals surface area (Å²) >= 11 is 0. The van der Waals surface area contributed by atoms with Gasteiger partial charge < -0.3 is 18.8 Å². The predicted molar refractivity (Wildman–Crippen MR) is 94.3 cm³/mol. The Labute approximate surface area is 143 Å². The van der Waals surface area contributed by atoms with E-state index in [-0.39, 0.29) is 5.91 Å². The van der Waals surface area contributed by atoms with Crippen molar-refractivity contribution in [3.05, 3.63) is 35.1 Å². The smallest absolute Gasteiger partial charge is 0.227 e. The minimum Gasteiger partial charge on any atom is -0.464 e. The second kappa shape index (κ2) is 8.85. The molecule has 24 heavy (non-hydrogen) atoms. The topological polar surface area (TPSA) is 51.9 Å². The Hall–Kier alpha value is -1.85. The summed E-state index contributed by atoms with van der Waals surface area (Å²) in [6.45, 7) is 6.54. The van der Waals surface area contributed by atoms with Crippen LogP contribution in [0.3, 0.4) is 0 Å². The molecule has 0 saturated carbocycles. The number of amides is 1. The molecule has 1 amide bonds. The molecule has 1 heterocycles. The van der Waals surface area contributed by atoms with E-state index in [0.717, 1.165) is 28.5 Å². The number of benzene rings is 1. The molecule has 2 rings (SSSR count). The molecule has 0 aliphatic rings. The number of methoxy groups -OCH3 is 2. The van der Waals surface area contributed by atoms with Gasteiger partial charge in [-0.3, -0.25) is 4.79 Å². The Morgan fingerprint density at radius 2 is 1.88 bits per heavy atom. The third kappa shape index (κ3) is 4.36. The van der Waals surface area contributed by atoms with Gasteiger partial charge in [-0.1, -0.05) is 12.1 Å². The van der Waals surface area contributed by atoms with Crippen LogP contribution < -0.4 is 0 Å². The van der Waals surface area contributed by atoms with Crippen LogP contribution in [0.2, 0.25) is 0 Å². The molecule has 0 atom stereocenters. The number of hydrogen-bond donors (Lipinski definition) is 0. The second-order valence-corrected chi connectivity index (χ2v) is 6.04. The van der Waals surface area contributed by atoms with Crippen molar-refractivity contribution < 1.29 is 18.7 Å². The van der Waals surface area contributed by atoms with E-state index >= 15 is 0 Å². The van der Waals surface area contributed by atoms with Crippen molar-refractivity contribution in [1.29, 1.82) is 0 Å². The van der Waals surface area contributed by atoms with Crippen LogP contribution in [0, 0.1) is 13.8 Å². The van der Waals surface area contributed by atoms with Crippen LogP contribution in [0.5, 0.6) is 0 Å². The van der Waals surface area contributed by atoms with Crippen molar-refractivity contribution in [1.82, 2.24) is 4.90 Å². The lowest BCUT2D eigenvalue weighted by molar-refractivity contribution is -0.131. The van der Waals surface area contributed by atoms with Gasteiger partial charge in [0.2, 0.25) is 5.91 Å². The molecule has 0 aliphatic carbocycles. The third-order valence-electron chi connectivity index (χ3n) is 4.38. The number of carbonyl (C=O) groups excluding carboxylic acids is 1. The highest BCUT2D eigenvalue weighted by Gasteiger charge is 2.17. The second-order valence-electron chi connectivity index (χ2n) is 6.04. The Morgan fingerprint density at radius 3 is 2.58 bits per heavy atom. The third-order valence-corrected chi connectivity index (χ3v) is 4.38. The zero-order valence-corrected chi connectivity index (χ0v) is 15.1. The van der Waals surface area contributed by atoms with Crippen LogP contribution in [-0.2, 0) is 20.7 Å². The maximum atomic E-state index is 12.7. The summed E-state index contributed by atoms with van der Waals surface area (Å²) in [5.74, 6) is 0.0871. The van der Waals surface area contributed by atoms with E-state index in [1.165, 1.54) is 5.56 Å². The normalized spacial score (nSPS) is 11.2. The summed E-state index contributed by atoms with van der Waals surface area (Å²) in [6.07, 6.45) is 2.86. The van der Waals surface area contributed by atoms with E-state index in [1.54, 1.807) is 20.5 Å². The highest BCUT2D eigenvalue weighted by molar-refractivity contribution is 5.89. The minimum absolute atomic E-state index is 0.0871. The van der Waals surface area contributed by atoms with E-state index in [9.17, 15) is 4.79 Å². The fraction of sp³-hybridized carbons (Fsp3) is 0.526. The van der Waals surface area contributed by atoms with E-state index in [0.29, 0.717) is 32.7 Å². The van der Waals surface area contributed by atoms with Crippen molar-refractivity contribution in [2.45, 2.75) is 26.7 Å². The monoisotopic (exact) mass is 333 g/mol. The molecule has 0 bridgehead atoms. The lowest BCUT2D eigenvalue weighted by Crippen LogP contribution is -2.36. The molecule has 0 radical (unpaired) electrons. The standard InChI is InChI=1S/C19H27NO4/c1-14-6-7-17-16(13-24-19(17)15(14)2)12-18(21)20(9-11-23-4)8-5-10-22-3/h6-7,13H,5,8-12H2,1-4H3. The van der Waals surface area contributed by atoms with Gasteiger partial charge in [-0.2, -0.15) is 0 Å². The number of nitrogens with zero attached hydrogens (tertiary/aromatic N) is 1. The number of rotatable bonds is 9. The van der Waals surface area contributed by atoms with Crippen LogP contribution in [0.25, 0.3) is 11.0 Å². The SMILES string of the molecule is COCCCN(CCOC)C(=O)Cc1coc2c(C)c(C)ccc12. The average molecular weight is 333 g/mol. The zero-order valence-electron chi connectivity index (χ0n) is 15.1. The van der Waals surface area contributed by atoms with Gasteiger partial charge in [-0.15, -0.1) is 0 Å².